The standard InChI is InChI=1S/C17H14N2O3/c1-21-12-5-6-15(16(9-12)17(20)22-18)14-4-2-3-11-10-19-8-7-13(11)14/h2-10H,18H2,1H3. The molecule has 1 aromatic heterocycles. The van der Waals surface area contributed by atoms with E-state index in [2.05, 4.69) is 9.82 Å². The molecule has 22 heavy (non-hydrogen) atoms. The second-order valence-corrected chi connectivity index (χ2v) is 4.72. The van der Waals surface area contributed by atoms with Gasteiger partial charge in [-0.1, -0.05) is 18.2 Å². The molecule has 0 bridgehead atoms. The zero-order valence-electron chi connectivity index (χ0n) is 11.9. The molecule has 0 aliphatic rings. The molecular weight excluding hydrogens is 280 g/mol. The second-order valence-electron chi connectivity index (χ2n) is 4.72. The molecular formula is C17H14N2O3. The van der Waals surface area contributed by atoms with Crippen LogP contribution in [0.3, 0.4) is 0 Å². The predicted molar refractivity (Wildman–Crippen MR) is 83.3 cm³/mol. The van der Waals surface area contributed by atoms with Crippen LogP contribution in [0.15, 0.2) is 54.9 Å². The maximum absolute atomic E-state index is 12.0. The first-order valence-corrected chi connectivity index (χ1v) is 6.67. The molecule has 0 saturated carbocycles. The van der Waals surface area contributed by atoms with Crippen molar-refractivity contribution in [3.63, 3.8) is 0 Å². The number of hydrogen-bond donors (Lipinski definition) is 1. The van der Waals surface area contributed by atoms with E-state index in [9.17, 15) is 4.79 Å². The topological polar surface area (TPSA) is 74.4 Å². The minimum atomic E-state index is -0.611. The summed E-state index contributed by atoms with van der Waals surface area (Å²) in [5.41, 5.74) is 1.99. The van der Waals surface area contributed by atoms with Gasteiger partial charge in [-0.3, -0.25) is 4.98 Å². The summed E-state index contributed by atoms with van der Waals surface area (Å²) in [7, 11) is 1.54. The highest BCUT2D eigenvalue weighted by molar-refractivity contribution is 6.04. The van der Waals surface area contributed by atoms with Crippen LogP contribution in [-0.2, 0) is 4.84 Å². The Kier molecular flexibility index (Phi) is 3.72. The molecule has 5 nitrogen and oxygen atoms in total. The fourth-order valence-corrected chi connectivity index (χ4v) is 2.47. The molecule has 110 valence electrons. The first-order chi connectivity index (χ1) is 10.7. The van der Waals surface area contributed by atoms with Crippen LogP contribution < -0.4 is 10.6 Å². The second kappa shape index (κ2) is 5.83. The summed E-state index contributed by atoms with van der Waals surface area (Å²) >= 11 is 0. The highest BCUT2D eigenvalue weighted by Crippen LogP contribution is 2.32. The van der Waals surface area contributed by atoms with E-state index in [4.69, 9.17) is 10.6 Å². The van der Waals surface area contributed by atoms with E-state index in [1.165, 1.54) is 7.11 Å². The lowest BCUT2D eigenvalue weighted by Gasteiger charge is -2.12. The Balaban J connectivity index is 2.28. The van der Waals surface area contributed by atoms with E-state index in [1.54, 1.807) is 24.5 Å². The molecule has 0 unspecified atom stereocenters. The third-order valence-electron chi connectivity index (χ3n) is 3.52. The molecule has 0 aliphatic carbocycles. The Morgan fingerprint density at radius 1 is 1.14 bits per heavy atom. The smallest absolute Gasteiger partial charge is 0.357 e. The molecule has 3 aromatic rings. The third-order valence-corrected chi connectivity index (χ3v) is 3.52. The molecule has 2 N–H and O–H groups in total. The molecule has 0 spiro atoms. The van der Waals surface area contributed by atoms with Crippen LogP contribution in [0.2, 0.25) is 0 Å². The van der Waals surface area contributed by atoms with Crippen molar-refractivity contribution < 1.29 is 14.4 Å². The summed E-state index contributed by atoms with van der Waals surface area (Å²) in [6, 6.07) is 13.0. The van der Waals surface area contributed by atoms with Crippen LogP contribution in [0, 0.1) is 0 Å². The monoisotopic (exact) mass is 294 g/mol. The highest BCUT2D eigenvalue weighted by Gasteiger charge is 2.16. The van der Waals surface area contributed by atoms with E-state index >= 15 is 0 Å². The molecule has 0 radical (unpaired) electrons. The number of nitrogens with zero attached hydrogens (tertiary/aromatic N) is 1. The highest BCUT2D eigenvalue weighted by atomic mass is 16.7. The molecule has 2 aromatic carbocycles. The van der Waals surface area contributed by atoms with Crippen LogP contribution in [-0.4, -0.2) is 18.1 Å². The van der Waals surface area contributed by atoms with Gasteiger partial charge in [-0.25, -0.2) is 4.79 Å². The molecule has 0 amide bonds. The van der Waals surface area contributed by atoms with Gasteiger partial charge < -0.3 is 9.57 Å². The summed E-state index contributed by atoms with van der Waals surface area (Å²) in [4.78, 5) is 20.5. The lowest BCUT2D eigenvalue weighted by Crippen LogP contribution is -2.11. The van der Waals surface area contributed by atoms with Gasteiger partial charge >= 0.3 is 5.97 Å². The van der Waals surface area contributed by atoms with Crippen molar-refractivity contribution in [2.24, 2.45) is 5.90 Å². The van der Waals surface area contributed by atoms with Gasteiger partial charge in [0.15, 0.2) is 0 Å². The van der Waals surface area contributed by atoms with E-state index in [0.717, 1.165) is 21.9 Å². The van der Waals surface area contributed by atoms with E-state index in [-0.39, 0.29) is 0 Å². The van der Waals surface area contributed by atoms with Crippen LogP contribution >= 0.6 is 0 Å². The van der Waals surface area contributed by atoms with Gasteiger partial charge in [0.05, 0.1) is 12.7 Å². The van der Waals surface area contributed by atoms with E-state index in [0.29, 0.717) is 11.3 Å². The van der Waals surface area contributed by atoms with Gasteiger partial charge in [0.25, 0.3) is 0 Å². The fraction of sp³-hybridized carbons (Fsp3) is 0.0588. The Bertz CT molecular complexity index is 841. The number of carbonyl (C=O) groups excluding carboxylic acids is 1. The summed E-state index contributed by atoms with van der Waals surface area (Å²) in [6.45, 7) is 0. The minimum absolute atomic E-state index is 0.353. The first-order valence-electron chi connectivity index (χ1n) is 6.67. The van der Waals surface area contributed by atoms with Crippen molar-refractivity contribution in [3.8, 4) is 16.9 Å². The van der Waals surface area contributed by atoms with Crippen LogP contribution in [0.1, 0.15) is 10.4 Å². The number of methoxy groups -OCH3 is 1. The Hall–Kier alpha value is -2.92. The number of hydrogen-bond acceptors (Lipinski definition) is 5. The average Bonchev–Trinajstić information content (AvgIpc) is 2.60. The zero-order chi connectivity index (χ0) is 15.5. The number of nitrogens with two attached hydrogens (primary N) is 1. The Morgan fingerprint density at radius 2 is 2.00 bits per heavy atom. The number of carbonyl (C=O) groups is 1. The summed E-state index contributed by atoms with van der Waals surface area (Å²) in [5.74, 6) is 5.00. The zero-order valence-corrected chi connectivity index (χ0v) is 11.9. The summed E-state index contributed by atoms with van der Waals surface area (Å²) in [6.07, 6.45) is 3.50. The van der Waals surface area contributed by atoms with Gasteiger partial charge in [-0.2, -0.15) is 5.90 Å². The van der Waals surface area contributed by atoms with E-state index in [1.807, 2.05) is 30.3 Å². The number of pyridine rings is 1. The molecule has 3 rings (SSSR count). The molecule has 5 heteroatoms. The third kappa shape index (κ3) is 2.38. The van der Waals surface area contributed by atoms with Crippen molar-refractivity contribution in [1.82, 2.24) is 4.98 Å². The number of fused-ring (bicyclic) bond motifs is 1. The predicted octanol–water partition coefficient (Wildman–Crippen LogP) is 2.94. The molecule has 0 aliphatic heterocycles. The maximum atomic E-state index is 12.0. The minimum Gasteiger partial charge on any atom is -0.497 e. The van der Waals surface area contributed by atoms with Crippen molar-refractivity contribution in [2.75, 3.05) is 7.11 Å². The number of rotatable bonds is 3. The fourth-order valence-electron chi connectivity index (χ4n) is 2.47. The summed E-state index contributed by atoms with van der Waals surface area (Å²) < 4.78 is 5.17. The average molecular weight is 294 g/mol. The quantitative estimate of drug-likeness (QED) is 0.752. The number of aromatic nitrogens is 1. The molecule has 0 fully saturated rings. The SMILES string of the molecule is COc1ccc(-c2cccc3cnccc23)c(C(=O)ON)c1. The largest absolute Gasteiger partial charge is 0.497 e. The lowest BCUT2D eigenvalue weighted by molar-refractivity contribution is 0.0504. The van der Waals surface area contributed by atoms with Crippen molar-refractivity contribution in [2.45, 2.75) is 0 Å². The van der Waals surface area contributed by atoms with Crippen LogP contribution in [0.5, 0.6) is 5.75 Å². The van der Waals surface area contributed by atoms with Crippen LogP contribution in [0.25, 0.3) is 21.9 Å². The van der Waals surface area contributed by atoms with Crippen LogP contribution in [0.4, 0.5) is 0 Å². The number of ether oxygens (including phenoxy) is 1. The van der Waals surface area contributed by atoms with Gasteiger partial charge in [0, 0.05) is 17.8 Å². The molecule has 0 atom stereocenters. The maximum Gasteiger partial charge on any atom is 0.357 e. The Labute approximate surface area is 127 Å². The normalized spacial score (nSPS) is 10.5. The lowest BCUT2D eigenvalue weighted by atomic mass is 9.95. The van der Waals surface area contributed by atoms with Gasteiger partial charge in [0.1, 0.15) is 5.75 Å². The Morgan fingerprint density at radius 3 is 2.77 bits per heavy atom. The van der Waals surface area contributed by atoms with Crippen molar-refractivity contribution in [1.29, 1.82) is 0 Å². The van der Waals surface area contributed by atoms with Gasteiger partial charge in [0.2, 0.25) is 0 Å². The van der Waals surface area contributed by atoms with Gasteiger partial charge in [-0.15, -0.1) is 0 Å². The molecule has 0 saturated heterocycles. The van der Waals surface area contributed by atoms with Crippen molar-refractivity contribution >= 4 is 16.7 Å². The number of benzene rings is 2. The first kappa shape index (κ1) is 14.0. The van der Waals surface area contributed by atoms with Crippen molar-refractivity contribution in [3.05, 3.63) is 60.4 Å². The van der Waals surface area contributed by atoms with Gasteiger partial charge in [-0.05, 0) is 40.8 Å². The summed E-state index contributed by atoms with van der Waals surface area (Å²) in [5, 5.41) is 1.98. The van der Waals surface area contributed by atoms with E-state index < -0.39 is 5.97 Å². The molecule has 1 heterocycles.